The molecule has 1 aliphatic rings. The van der Waals surface area contributed by atoms with Crippen molar-refractivity contribution < 1.29 is 4.43 Å². The molecule has 86 valence electrons. The zero-order valence-electron chi connectivity index (χ0n) is 10.3. The molecule has 0 saturated heterocycles. The standard InChI is InChI=1S/C13H24OSi/c1-6-11-9-12(7-2)13(10-11)15(4,5)14-8-3/h6-7,11-13H,1-2,8-10H2,3-5H3. The van der Waals surface area contributed by atoms with E-state index in [0.29, 0.717) is 11.8 Å². The SMILES string of the molecule is C=CC1CC(C=C)C([Si](C)(C)OCC)C1. The van der Waals surface area contributed by atoms with Gasteiger partial charge in [-0.2, -0.15) is 0 Å². The van der Waals surface area contributed by atoms with Crippen LogP contribution in [0.1, 0.15) is 19.8 Å². The summed E-state index contributed by atoms with van der Waals surface area (Å²) in [6.45, 7) is 15.5. The molecule has 0 aliphatic heterocycles. The van der Waals surface area contributed by atoms with Crippen molar-refractivity contribution in [3.63, 3.8) is 0 Å². The molecule has 15 heavy (non-hydrogen) atoms. The van der Waals surface area contributed by atoms with Gasteiger partial charge in [0.05, 0.1) is 0 Å². The van der Waals surface area contributed by atoms with Gasteiger partial charge < -0.3 is 4.43 Å². The third kappa shape index (κ3) is 2.82. The summed E-state index contributed by atoms with van der Waals surface area (Å²) in [5, 5.41) is 0. The molecule has 0 amide bonds. The third-order valence-electron chi connectivity index (χ3n) is 3.69. The topological polar surface area (TPSA) is 9.23 Å². The van der Waals surface area contributed by atoms with Crippen LogP contribution in [0.3, 0.4) is 0 Å². The Morgan fingerprint density at radius 3 is 2.40 bits per heavy atom. The largest absolute Gasteiger partial charge is 0.417 e. The molecule has 1 aliphatic carbocycles. The van der Waals surface area contributed by atoms with Crippen LogP contribution in [-0.4, -0.2) is 14.9 Å². The van der Waals surface area contributed by atoms with E-state index in [0.717, 1.165) is 12.1 Å². The molecule has 0 aromatic heterocycles. The second-order valence-electron chi connectivity index (χ2n) is 5.01. The highest BCUT2D eigenvalue weighted by atomic mass is 28.4. The van der Waals surface area contributed by atoms with Crippen molar-refractivity contribution >= 4 is 8.32 Å². The zero-order valence-corrected chi connectivity index (χ0v) is 11.3. The van der Waals surface area contributed by atoms with E-state index in [1.165, 1.54) is 12.8 Å². The Bertz CT molecular complexity index is 235. The predicted octanol–water partition coefficient (Wildman–Crippen LogP) is 4.00. The molecule has 1 rings (SSSR count). The minimum absolute atomic E-state index is 0.640. The van der Waals surface area contributed by atoms with Crippen LogP contribution in [0.4, 0.5) is 0 Å². The molecule has 1 saturated carbocycles. The van der Waals surface area contributed by atoms with Gasteiger partial charge in [-0.3, -0.25) is 0 Å². The van der Waals surface area contributed by atoms with Crippen molar-refractivity contribution in [1.82, 2.24) is 0 Å². The lowest BCUT2D eigenvalue weighted by Gasteiger charge is -2.32. The summed E-state index contributed by atoms with van der Waals surface area (Å²) in [5.74, 6) is 1.31. The Hall–Kier alpha value is -0.343. The number of hydrogen-bond acceptors (Lipinski definition) is 1. The van der Waals surface area contributed by atoms with Crippen LogP contribution in [0.2, 0.25) is 18.6 Å². The Labute approximate surface area is 95.4 Å². The van der Waals surface area contributed by atoms with Gasteiger partial charge in [-0.25, -0.2) is 0 Å². The summed E-state index contributed by atoms with van der Waals surface area (Å²) in [4.78, 5) is 0. The third-order valence-corrected chi connectivity index (χ3v) is 7.18. The normalized spacial score (nSPS) is 31.5. The highest BCUT2D eigenvalue weighted by molar-refractivity contribution is 6.72. The highest BCUT2D eigenvalue weighted by Gasteiger charge is 2.43. The quantitative estimate of drug-likeness (QED) is 0.507. The van der Waals surface area contributed by atoms with E-state index in [2.05, 4.69) is 45.3 Å². The second-order valence-corrected chi connectivity index (χ2v) is 9.25. The van der Waals surface area contributed by atoms with Gasteiger partial charge in [0.25, 0.3) is 0 Å². The van der Waals surface area contributed by atoms with E-state index < -0.39 is 8.32 Å². The van der Waals surface area contributed by atoms with Gasteiger partial charge in [0.1, 0.15) is 0 Å². The van der Waals surface area contributed by atoms with Crippen molar-refractivity contribution in [2.24, 2.45) is 11.8 Å². The summed E-state index contributed by atoms with van der Waals surface area (Å²) in [7, 11) is -1.53. The minimum Gasteiger partial charge on any atom is -0.417 e. The van der Waals surface area contributed by atoms with E-state index >= 15 is 0 Å². The lowest BCUT2D eigenvalue weighted by Crippen LogP contribution is -2.38. The van der Waals surface area contributed by atoms with E-state index in [4.69, 9.17) is 4.43 Å². The summed E-state index contributed by atoms with van der Waals surface area (Å²) >= 11 is 0. The molecule has 0 aromatic rings. The van der Waals surface area contributed by atoms with Gasteiger partial charge in [-0.1, -0.05) is 12.2 Å². The van der Waals surface area contributed by atoms with Crippen molar-refractivity contribution in [3.8, 4) is 0 Å². The van der Waals surface area contributed by atoms with Crippen LogP contribution in [0.15, 0.2) is 25.3 Å². The van der Waals surface area contributed by atoms with Gasteiger partial charge in [-0.05, 0) is 50.2 Å². The fourth-order valence-electron chi connectivity index (χ4n) is 2.84. The zero-order chi connectivity index (χ0) is 11.5. The Morgan fingerprint density at radius 1 is 1.27 bits per heavy atom. The van der Waals surface area contributed by atoms with Crippen molar-refractivity contribution in [2.45, 2.75) is 38.4 Å². The molecule has 1 fully saturated rings. The van der Waals surface area contributed by atoms with Crippen LogP contribution < -0.4 is 0 Å². The molecular weight excluding hydrogens is 200 g/mol. The molecule has 0 aromatic carbocycles. The molecule has 0 heterocycles. The van der Waals surface area contributed by atoms with E-state index in [-0.39, 0.29) is 0 Å². The van der Waals surface area contributed by atoms with Crippen LogP contribution in [0.25, 0.3) is 0 Å². The van der Waals surface area contributed by atoms with Crippen LogP contribution in [0.5, 0.6) is 0 Å². The summed E-state index contributed by atoms with van der Waals surface area (Å²) in [6, 6.07) is 0. The average molecular weight is 224 g/mol. The van der Waals surface area contributed by atoms with Gasteiger partial charge >= 0.3 is 0 Å². The Balaban J connectivity index is 2.74. The van der Waals surface area contributed by atoms with Crippen molar-refractivity contribution in [1.29, 1.82) is 0 Å². The Morgan fingerprint density at radius 2 is 1.93 bits per heavy atom. The molecule has 0 N–H and O–H groups in total. The second kappa shape index (κ2) is 5.13. The first-order valence-electron chi connectivity index (χ1n) is 5.94. The first-order valence-corrected chi connectivity index (χ1v) is 8.92. The monoisotopic (exact) mass is 224 g/mol. The summed E-state index contributed by atoms with van der Waals surface area (Å²) in [5.41, 5.74) is 0.720. The smallest absolute Gasteiger partial charge is 0.190 e. The van der Waals surface area contributed by atoms with Gasteiger partial charge in [-0.15, -0.1) is 13.2 Å². The van der Waals surface area contributed by atoms with E-state index in [1.54, 1.807) is 0 Å². The lowest BCUT2D eigenvalue weighted by atomic mass is 10.1. The van der Waals surface area contributed by atoms with Crippen molar-refractivity contribution in [3.05, 3.63) is 25.3 Å². The van der Waals surface area contributed by atoms with Gasteiger partial charge in [0.2, 0.25) is 0 Å². The molecular formula is C13H24OSi. The minimum atomic E-state index is -1.53. The van der Waals surface area contributed by atoms with Crippen molar-refractivity contribution in [2.75, 3.05) is 6.61 Å². The summed E-state index contributed by atoms with van der Waals surface area (Å²) in [6.07, 6.45) is 6.70. The van der Waals surface area contributed by atoms with Crippen LogP contribution in [-0.2, 0) is 4.43 Å². The molecule has 0 radical (unpaired) electrons. The van der Waals surface area contributed by atoms with Gasteiger partial charge in [0, 0.05) is 6.61 Å². The molecule has 3 unspecified atom stereocenters. The fourth-order valence-corrected chi connectivity index (χ4v) is 5.97. The van der Waals surface area contributed by atoms with Gasteiger partial charge in [0.15, 0.2) is 8.32 Å². The first kappa shape index (κ1) is 12.7. The Kier molecular flexibility index (Phi) is 4.35. The highest BCUT2D eigenvalue weighted by Crippen LogP contribution is 2.47. The average Bonchev–Trinajstić information content (AvgIpc) is 2.61. The maximum Gasteiger partial charge on any atom is 0.190 e. The predicted molar refractivity (Wildman–Crippen MR) is 69.5 cm³/mol. The molecule has 0 bridgehead atoms. The summed E-state index contributed by atoms with van der Waals surface area (Å²) < 4.78 is 5.99. The molecule has 3 atom stereocenters. The fraction of sp³-hybridized carbons (Fsp3) is 0.692. The van der Waals surface area contributed by atoms with E-state index in [1.807, 2.05) is 0 Å². The number of rotatable bonds is 5. The molecule has 1 nitrogen and oxygen atoms in total. The van der Waals surface area contributed by atoms with Crippen LogP contribution in [0, 0.1) is 11.8 Å². The maximum atomic E-state index is 5.99. The number of allylic oxidation sites excluding steroid dienone is 2. The first-order chi connectivity index (χ1) is 7.05. The van der Waals surface area contributed by atoms with Crippen LogP contribution >= 0.6 is 0 Å². The molecule has 2 heteroatoms. The lowest BCUT2D eigenvalue weighted by molar-refractivity contribution is 0.314. The van der Waals surface area contributed by atoms with E-state index in [9.17, 15) is 0 Å². The molecule has 0 spiro atoms. The maximum absolute atomic E-state index is 5.99. The number of hydrogen-bond donors (Lipinski definition) is 0.